The minimum Gasteiger partial charge on any atom is -0.389 e. The van der Waals surface area contributed by atoms with Crippen molar-refractivity contribution in [3.63, 3.8) is 0 Å². The molecule has 1 heterocycles. The minimum absolute atomic E-state index is 0.309. The van der Waals surface area contributed by atoms with Crippen molar-refractivity contribution in [3.05, 3.63) is 155 Å². The predicted molar refractivity (Wildman–Crippen MR) is 229 cm³/mol. The van der Waals surface area contributed by atoms with Crippen LogP contribution in [0.2, 0.25) is 0 Å². The van der Waals surface area contributed by atoms with Gasteiger partial charge in [0.1, 0.15) is 30.5 Å². The van der Waals surface area contributed by atoms with E-state index in [2.05, 4.69) is 53.0 Å². The number of aryl methyl sites for hydroxylation is 1. The van der Waals surface area contributed by atoms with Crippen molar-refractivity contribution < 1.29 is 24.1 Å². The monoisotopic (exact) mass is 788 g/mol. The van der Waals surface area contributed by atoms with Gasteiger partial charge >= 0.3 is 0 Å². The first-order valence-corrected chi connectivity index (χ1v) is 21.6. The van der Waals surface area contributed by atoms with Gasteiger partial charge in [0, 0.05) is 25.7 Å². The summed E-state index contributed by atoms with van der Waals surface area (Å²) < 4.78 is 29.1. The third-order valence-electron chi connectivity index (χ3n) is 11.0. The maximum absolute atomic E-state index is 12.4. The van der Waals surface area contributed by atoms with Crippen LogP contribution in [-0.2, 0) is 58.3 Å². The first kappa shape index (κ1) is 43.4. The highest BCUT2D eigenvalue weighted by molar-refractivity contribution is 5.18. The van der Waals surface area contributed by atoms with E-state index in [0.717, 1.165) is 40.9 Å². The summed E-state index contributed by atoms with van der Waals surface area (Å²) in [4.78, 5) is 0. The Balaban J connectivity index is 1.18. The van der Waals surface area contributed by atoms with Crippen LogP contribution < -0.4 is 5.32 Å². The molecule has 1 fully saturated rings. The first-order chi connectivity index (χ1) is 28.7. The van der Waals surface area contributed by atoms with Gasteiger partial charge in [0.2, 0.25) is 0 Å². The predicted octanol–water partition coefficient (Wildman–Crippen LogP) is 9.03. The van der Waals surface area contributed by atoms with Crippen LogP contribution in [0.4, 0.5) is 0 Å². The van der Waals surface area contributed by atoms with Gasteiger partial charge in [0.25, 0.3) is 0 Å². The molecular formula is C49H64N4O5. The molecule has 2 N–H and O–H groups in total. The Morgan fingerprint density at radius 3 is 1.43 bits per heavy atom. The maximum atomic E-state index is 12.4. The molecule has 6 atom stereocenters. The average Bonchev–Trinajstić information content (AvgIpc) is 3.73. The van der Waals surface area contributed by atoms with Crippen molar-refractivity contribution in [3.8, 4) is 0 Å². The molecule has 1 saturated carbocycles. The van der Waals surface area contributed by atoms with Crippen LogP contribution in [0.25, 0.3) is 0 Å². The molecule has 9 heteroatoms. The number of nitrogens with zero attached hydrogens (tertiary/aromatic N) is 3. The Morgan fingerprint density at radius 1 is 0.534 bits per heavy atom. The highest BCUT2D eigenvalue weighted by Crippen LogP contribution is 2.33. The smallest absolute Gasteiger partial charge is 0.115 e. The second-order valence-electron chi connectivity index (χ2n) is 15.6. The van der Waals surface area contributed by atoms with Crippen molar-refractivity contribution in [1.82, 2.24) is 20.3 Å². The summed E-state index contributed by atoms with van der Waals surface area (Å²) in [7, 11) is 0. The van der Waals surface area contributed by atoms with E-state index >= 15 is 0 Å². The third-order valence-corrected chi connectivity index (χ3v) is 11.0. The molecule has 0 aliphatic heterocycles. The second kappa shape index (κ2) is 24.6. The molecule has 9 nitrogen and oxygen atoms in total. The number of nitrogens with one attached hydrogen (secondary N) is 1. The number of unbranched alkanes of at least 4 members (excludes halogenated alkanes) is 8. The number of aliphatic hydroxyl groups excluding tert-OH is 1. The van der Waals surface area contributed by atoms with Gasteiger partial charge in [0.15, 0.2) is 0 Å². The quantitative estimate of drug-likeness (QED) is 0.0536. The summed E-state index contributed by atoms with van der Waals surface area (Å²) in [6.07, 6.45) is 10.8. The zero-order chi connectivity index (χ0) is 40.0. The van der Waals surface area contributed by atoms with E-state index in [1.807, 2.05) is 102 Å². The van der Waals surface area contributed by atoms with Crippen LogP contribution in [0.15, 0.2) is 128 Å². The summed E-state index contributed by atoms with van der Waals surface area (Å²) in [5.41, 5.74) is 5.01. The first-order valence-electron chi connectivity index (χ1n) is 21.6. The van der Waals surface area contributed by atoms with Crippen molar-refractivity contribution in [2.24, 2.45) is 0 Å². The van der Waals surface area contributed by atoms with Gasteiger partial charge in [-0.1, -0.05) is 185 Å². The molecule has 5 aromatic rings. The molecule has 1 aliphatic rings. The lowest BCUT2D eigenvalue weighted by atomic mass is 9.82. The summed E-state index contributed by atoms with van der Waals surface area (Å²) in [5.74, 6) is 0. The lowest BCUT2D eigenvalue weighted by Crippen LogP contribution is -2.69. The highest BCUT2D eigenvalue weighted by atomic mass is 16.6. The van der Waals surface area contributed by atoms with Gasteiger partial charge in [-0.15, -0.1) is 5.10 Å². The molecule has 0 radical (unpaired) electrons. The molecule has 4 aromatic carbocycles. The Kier molecular flexibility index (Phi) is 18.4. The fourth-order valence-electron chi connectivity index (χ4n) is 7.76. The Hall–Kier alpha value is -4.22. The molecule has 0 amide bonds. The van der Waals surface area contributed by atoms with Crippen molar-refractivity contribution >= 4 is 0 Å². The Labute approximate surface area is 346 Å². The van der Waals surface area contributed by atoms with Gasteiger partial charge in [-0.3, -0.25) is 4.68 Å². The third kappa shape index (κ3) is 14.0. The van der Waals surface area contributed by atoms with Crippen molar-refractivity contribution in [2.75, 3.05) is 6.54 Å². The largest absolute Gasteiger partial charge is 0.389 e. The molecule has 0 spiro atoms. The van der Waals surface area contributed by atoms with Crippen LogP contribution in [0.1, 0.15) is 92.7 Å². The van der Waals surface area contributed by atoms with Crippen LogP contribution in [0.5, 0.6) is 0 Å². The summed E-state index contributed by atoms with van der Waals surface area (Å²) >= 11 is 0. The lowest BCUT2D eigenvalue weighted by Gasteiger charge is -2.49. The molecule has 0 bridgehead atoms. The van der Waals surface area contributed by atoms with E-state index < -0.39 is 36.6 Å². The molecule has 1 aromatic heterocycles. The standard InChI is InChI=1S/C49H64N4O5/c1-2-3-4-5-6-7-8-9-22-33-53-34-43(51-52-53)31-32-50-44-45(54)47(56-36-40-25-16-11-17-26-40)49(58-38-42-29-20-13-21-30-42)48(57-37-41-27-18-12-19-28-41)46(44)55-35-39-23-14-10-15-24-39/h10-21,23-30,34,44-50,54H,2-9,22,31-33,35-38H2,1H3/t44-,45-,46+,47+,48-,49-/m1/s1. The summed E-state index contributed by atoms with van der Waals surface area (Å²) in [6.45, 7) is 5.01. The Morgan fingerprint density at radius 2 is 0.948 bits per heavy atom. The molecule has 58 heavy (non-hydrogen) atoms. The van der Waals surface area contributed by atoms with Crippen LogP contribution in [-0.4, -0.2) is 63.2 Å². The molecule has 0 unspecified atom stereocenters. The van der Waals surface area contributed by atoms with Crippen molar-refractivity contribution in [1.29, 1.82) is 0 Å². The molecule has 310 valence electrons. The van der Waals surface area contributed by atoms with E-state index in [1.54, 1.807) is 0 Å². The van der Waals surface area contributed by atoms with E-state index in [1.165, 1.54) is 51.4 Å². The second-order valence-corrected chi connectivity index (χ2v) is 15.6. The summed E-state index contributed by atoms with van der Waals surface area (Å²) in [6, 6.07) is 39.8. The van der Waals surface area contributed by atoms with Gasteiger partial charge < -0.3 is 29.4 Å². The lowest BCUT2D eigenvalue weighted by molar-refractivity contribution is -0.250. The zero-order valence-corrected chi connectivity index (χ0v) is 34.3. The van der Waals surface area contributed by atoms with Gasteiger partial charge in [-0.2, -0.15) is 0 Å². The number of benzene rings is 4. The fraction of sp³-hybridized carbons (Fsp3) is 0.469. The van der Waals surface area contributed by atoms with Crippen LogP contribution in [0.3, 0.4) is 0 Å². The summed E-state index contributed by atoms with van der Waals surface area (Å²) in [5, 5.41) is 25.0. The molecule has 1 aliphatic carbocycles. The Bertz CT molecular complexity index is 1800. The SMILES string of the molecule is CCCCCCCCCCCn1cc(CCN[C@@H]2[C@@H](O)[C@H](OCc3ccccc3)[C@@H](OCc3ccccc3)[C@H](OCc3ccccc3)[C@H]2OCc2ccccc2)nn1. The number of aliphatic hydroxyl groups is 1. The van der Waals surface area contributed by atoms with E-state index in [4.69, 9.17) is 18.9 Å². The number of rotatable bonds is 26. The van der Waals surface area contributed by atoms with Crippen LogP contribution in [0, 0.1) is 0 Å². The number of ether oxygens (including phenoxy) is 4. The molecule has 0 saturated heterocycles. The van der Waals surface area contributed by atoms with Gasteiger partial charge in [-0.05, 0) is 28.7 Å². The van der Waals surface area contributed by atoms with E-state index in [0.29, 0.717) is 39.4 Å². The molecule has 6 rings (SSSR count). The van der Waals surface area contributed by atoms with E-state index in [9.17, 15) is 5.11 Å². The number of aromatic nitrogens is 3. The fourth-order valence-corrected chi connectivity index (χ4v) is 7.76. The van der Waals surface area contributed by atoms with Gasteiger partial charge in [-0.25, -0.2) is 0 Å². The zero-order valence-electron chi connectivity index (χ0n) is 34.3. The number of hydrogen-bond donors (Lipinski definition) is 2. The van der Waals surface area contributed by atoms with Crippen molar-refractivity contribution in [2.45, 2.75) is 141 Å². The van der Waals surface area contributed by atoms with Gasteiger partial charge in [0.05, 0.1) is 38.2 Å². The minimum atomic E-state index is -0.982. The van der Waals surface area contributed by atoms with Crippen LogP contribution >= 0.6 is 0 Å². The average molecular weight is 789 g/mol. The molecular weight excluding hydrogens is 725 g/mol. The normalized spacial score (nSPS) is 20.7. The highest BCUT2D eigenvalue weighted by Gasteiger charge is 2.53. The van der Waals surface area contributed by atoms with E-state index in [-0.39, 0.29) is 0 Å². The topological polar surface area (TPSA) is 99.9 Å². The maximum Gasteiger partial charge on any atom is 0.115 e. The number of hydrogen-bond acceptors (Lipinski definition) is 8.